The van der Waals surface area contributed by atoms with Gasteiger partial charge in [0.2, 0.25) is 0 Å². The molecule has 0 saturated carbocycles. The molecule has 0 aromatic heterocycles. The van der Waals surface area contributed by atoms with E-state index in [0.717, 1.165) is 0 Å². The Morgan fingerprint density at radius 1 is 1.00 bits per heavy atom. The number of nitrogens with zero attached hydrogens (tertiary/aromatic N) is 1. The second kappa shape index (κ2) is 11.0. The van der Waals surface area contributed by atoms with Gasteiger partial charge in [-0.3, -0.25) is 18.9 Å². The summed E-state index contributed by atoms with van der Waals surface area (Å²) in [7, 11) is -9.96. The zero-order chi connectivity index (χ0) is 35.3. The highest BCUT2D eigenvalue weighted by atomic mass is 32.2. The Balaban J connectivity index is 1.74. The second-order valence-electron chi connectivity index (χ2n) is 14.0. The molecule has 3 aliphatic rings. The van der Waals surface area contributed by atoms with Gasteiger partial charge in [0.1, 0.15) is 0 Å². The summed E-state index contributed by atoms with van der Waals surface area (Å²) in [6, 6.07) is 9.56. The van der Waals surface area contributed by atoms with E-state index in [1.807, 2.05) is 48.5 Å². The van der Waals surface area contributed by atoms with E-state index < -0.39 is 40.9 Å². The second-order valence-corrected chi connectivity index (χ2v) is 16.7. The summed E-state index contributed by atoms with van der Waals surface area (Å²) in [4.78, 5) is 16.4. The molecule has 3 aromatic carbocycles. The minimum atomic E-state index is -4.99. The van der Waals surface area contributed by atoms with Crippen LogP contribution in [0.4, 0.5) is 5.69 Å². The minimum Gasteiger partial charge on any atom is -0.453 e. The van der Waals surface area contributed by atoms with Crippen molar-refractivity contribution in [3.05, 3.63) is 87.4 Å². The normalized spacial score (nSPS) is 20.6. The molecule has 254 valence electrons. The number of hydrogen-bond acceptors (Lipinski definition) is 8. The average molecular weight is 694 g/mol. The number of nitrogens with one attached hydrogen (secondary N) is 2. The van der Waals surface area contributed by atoms with E-state index in [2.05, 4.69) is 22.2 Å². The molecule has 0 saturated heterocycles. The summed E-state index contributed by atoms with van der Waals surface area (Å²) >= 11 is 0. The Labute approximate surface area is 280 Å². The van der Waals surface area contributed by atoms with Crippen molar-refractivity contribution in [1.29, 1.82) is 0 Å². The number of carbonyl (C=O) groups is 1. The first-order valence-corrected chi connectivity index (χ1v) is 18.5. The van der Waals surface area contributed by atoms with Crippen molar-refractivity contribution >= 4 is 37.4 Å². The molecule has 13 heteroatoms. The lowest BCUT2D eigenvalue weighted by atomic mass is 9.78. The molecule has 3 atom stereocenters. The van der Waals surface area contributed by atoms with Gasteiger partial charge in [-0.05, 0) is 60.7 Å². The van der Waals surface area contributed by atoms with Gasteiger partial charge in [-0.1, -0.05) is 52.8 Å². The molecular weight excluding hydrogens is 655 g/mol. The predicted molar refractivity (Wildman–Crippen MR) is 182 cm³/mol. The molecule has 0 radical (unpaired) electrons. The van der Waals surface area contributed by atoms with Gasteiger partial charge < -0.3 is 15.4 Å². The monoisotopic (exact) mass is 693 g/mol. The van der Waals surface area contributed by atoms with Gasteiger partial charge in [-0.15, -0.1) is 6.58 Å². The number of fused-ring (bicyclic) bond motifs is 4. The van der Waals surface area contributed by atoms with Crippen LogP contribution in [-0.2, 0) is 31.1 Å². The lowest BCUT2D eigenvalue weighted by molar-refractivity contribution is 0.0950. The lowest BCUT2D eigenvalue weighted by Gasteiger charge is -2.29. The zero-order valence-corrected chi connectivity index (χ0v) is 29.4. The number of benzene rings is 3. The van der Waals surface area contributed by atoms with Gasteiger partial charge in [-0.2, -0.15) is 16.8 Å². The van der Waals surface area contributed by atoms with Crippen LogP contribution in [0.5, 0.6) is 11.5 Å². The van der Waals surface area contributed by atoms with E-state index in [1.54, 1.807) is 42.5 Å². The van der Waals surface area contributed by atoms with E-state index in [1.165, 1.54) is 0 Å². The maximum Gasteiger partial charge on any atom is 0.300 e. The summed E-state index contributed by atoms with van der Waals surface area (Å²) in [5, 5.41) is 6.35. The van der Waals surface area contributed by atoms with E-state index in [0.29, 0.717) is 34.4 Å². The number of amides is 1. The summed E-state index contributed by atoms with van der Waals surface area (Å²) in [5.74, 6) is -0.851. The summed E-state index contributed by atoms with van der Waals surface area (Å²) < 4.78 is 80.3. The molecule has 4 N–H and O–H groups in total. The van der Waals surface area contributed by atoms with Crippen LogP contribution in [0.3, 0.4) is 0 Å². The van der Waals surface area contributed by atoms with Gasteiger partial charge in [0.25, 0.3) is 26.1 Å². The van der Waals surface area contributed by atoms with Gasteiger partial charge in [-0.25, -0.2) is 0 Å². The third kappa shape index (κ3) is 5.15. The molecule has 3 unspecified atom stereocenters. The highest BCUT2D eigenvalue weighted by Crippen LogP contribution is 2.52. The van der Waals surface area contributed by atoms with Crippen molar-refractivity contribution in [3.63, 3.8) is 0 Å². The molecule has 0 fully saturated rings. The fourth-order valence-corrected chi connectivity index (χ4v) is 8.20. The summed E-state index contributed by atoms with van der Waals surface area (Å²) in [6.45, 7) is 17.5. The highest BCUT2D eigenvalue weighted by Gasteiger charge is 2.45. The third-order valence-electron chi connectivity index (χ3n) is 10.3. The minimum absolute atomic E-state index is 0.0276. The van der Waals surface area contributed by atoms with E-state index in [9.17, 15) is 30.7 Å². The number of hydrogen-bond donors (Lipinski definition) is 4. The van der Waals surface area contributed by atoms with Gasteiger partial charge in [0, 0.05) is 45.3 Å². The first-order valence-electron chi connectivity index (χ1n) is 15.6. The van der Waals surface area contributed by atoms with Crippen molar-refractivity contribution in [2.75, 3.05) is 11.9 Å². The number of carbonyl (C=O) groups excluding carboxylic acids is 1. The van der Waals surface area contributed by atoms with Crippen LogP contribution < -0.4 is 25.9 Å². The SMILES string of the molecule is C=CC(C)CNC(=O)c1ccc(C2=c3cc4c(c(S(=O)(=O)O)c3Oc3c2cc2c(c3S(=O)(=O)O)NC(C)C2(C)C)=NC(C)C4(C)C)cc1. The molecule has 0 bridgehead atoms. The Morgan fingerprint density at radius 3 is 2.21 bits per heavy atom. The van der Waals surface area contributed by atoms with Crippen molar-refractivity contribution in [2.24, 2.45) is 10.9 Å². The Hall–Kier alpha value is -4.04. The maximum atomic E-state index is 13.2. The molecule has 3 aliphatic heterocycles. The van der Waals surface area contributed by atoms with Crippen LogP contribution in [0.2, 0.25) is 0 Å². The maximum absolute atomic E-state index is 13.2. The molecule has 11 nitrogen and oxygen atoms in total. The lowest BCUT2D eigenvalue weighted by Crippen LogP contribution is -2.33. The first-order chi connectivity index (χ1) is 22.2. The highest BCUT2D eigenvalue weighted by molar-refractivity contribution is 7.86. The standard InChI is InChI=1S/C35H39N3O8S2/c1-9-17(2)16-36-33(39)21-12-10-20(11-13-21)26-22-14-24-27(37-18(3)34(24,5)6)31(47(40,41)42)29(22)46-30-23(26)15-25-28(32(30)48(43,44)45)38-19(4)35(25,7)8/h9-15,17-19,37H,1,16H2,2-8H3,(H,36,39)(H,40,41,42)(H,43,44,45). The topological polar surface area (TPSA) is 171 Å². The fraction of sp³-hybridized carbons (Fsp3) is 0.371. The van der Waals surface area contributed by atoms with Crippen LogP contribution >= 0.6 is 0 Å². The number of rotatable bonds is 7. The van der Waals surface area contributed by atoms with Crippen molar-refractivity contribution < 1.29 is 35.5 Å². The largest absolute Gasteiger partial charge is 0.453 e. The Bertz CT molecular complexity index is 2280. The van der Waals surface area contributed by atoms with E-state index in [-0.39, 0.29) is 57.2 Å². The molecule has 1 amide bonds. The quantitative estimate of drug-likeness (QED) is 0.161. The van der Waals surface area contributed by atoms with Gasteiger partial charge >= 0.3 is 0 Å². The van der Waals surface area contributed by atoms with Gasteiger partial charge in [0.05, 0.1) is 17.1 Å². The molecular formula is C35H39N3O8S2. The van der Waals surface area contributed by atoms with Gasteiger partial charge in [0.15, 0.2) is 21.3 Å². The Kier molecular flexibility index (Phi) is 7.75. The molecule has 3 heterocycles. The van der Waals surface area contributed by atoms with E-state index >= 15 is 0 Å². The van der Waals surface area contributed by atoms with Crippen molar-refractivity contribution in [3.8, 4) is 11.5 Å². The van der Waals surface area contributed by atoms with Crippen LogP contribution in [-0.4, -0.2) is 50.5 Å². The fourth-order valence-electron chi connectivity index (χ4n) is 6.60. The summed E-state index contributed by atoms with van der Waals surface area (Å²) in [6.07, 6.45) is 1.74. The average Bonchev–Trinajstić information content (AvgIpc) is 3.35. The molecule has 3 aromatic rings. The first kappa shape index (κ1) is 33.8. The van der Waals surface area contributed by atoms with Crippen LogP contribution in [0.1, 0.15) is 81.1 Å². The van der Waals surface area contributed by atoms with Crippen molar-refractivity contribution in [1.82, 2.24) is 5.32 Å². The number of anilines is 1. The Morgan fingerprint density at radius 2 is 1.62 bits per heavy atom. The summed E-state index contributed by atoms with van der Waals surface area (Å²) in [5.41, 5.74) is 1.65. The zero-order valence-electron chi connectivity index (χ0n) is 27.8. The molecule has 6 rings (SSSR count). The van der Waals surface area contributed by atoms with Crippen molar-refractivity contribution in [2.45, 2.75) is 81.2 Å². The smallest absolute Gasteiger partial charge is 0.300 e. The molecule has 48 heavy (non-hydrogen) atoms. The number of ether oxygens (including phenoxy) is 1. The van der Waals surface area contributed by atoms with Crippen LogP contribution in [0, 0.1) is 5.92 Å². The predicted octanol–water partition coefficient (Wildman–Crippen LogP) is 4.48. The molecule has 0 spiro atoms. The molecule has 0 aliphatic carbocycles. The van der Waals surface area contributed by atoms with E-state index in [4.69, 9.17) is 4.74 Å². The third-order valence-corrected chi connectivity index (χ3v) is 12.1. The van der Waals surface area contributed by atoms with Crippen LogP contribution in [0.25, 0.3) is 5.57 Å². The van der Waals surface area contributed by atoms with Crippen LogP contribution in [0.15, 0.2) is 63.8 Å².